The van der Waals surface area contributed by atoms with Crippen LogP contribution in [0.5, 0.6) is 0 Å². The summed E-state index contributed by atoms with van der Waals surface area (Å²) in [6.07, 6.45) is 0. The third kappa shape index (κ3) is 3.77. The van der Waals surface area contributed by atoms with E-state index in [4.69, 9.17) is 0 Å². The molecule has 3 nitrogen and oxygen atoms in total. The van der Waals surface area contributed by atoms with Crippen molar-refractivity contribution in [3.63, 3.8) is 0 Å². The third-order valence-corrected chi connectivity index (χ3v) is 2.24. The topological polar surface area (TPSA) is 23.6 Å². The minimum absolute atomic E-state index is 0.200. The molecule has 0 bridgehead atoms. The number of nitrogens with zero attached hydrogens (tertiary/aromatic N) is 2. The normalized spacial score (nSPS) is 23.5. The molecule has 1 saturated heterocycles. The minimum Gasteiger partial charge on any atom is -0.338 e. The van der Waals surface area contributed by atoms with Gasteiger partial charge in [0.2, 0.25) is 5.91 Å². The zero-order valence-corrected chi connectivity index (χ0v) is 9.50. The number of likely N-dealkylation sites (N-methyl/N-ethyl adjacent to an activating group) is 1. The molecule has 0 aromatic heterocycles. The highest BCUT2D eigenvalue weighted by Gasteiger charge is 2.22. The smallest absolute Gasteiger partial charge is 0.219 e. The van der Waals surface area contributed by atoms with Crippen molar-refractivity contribution >= 4 is 5.91 Å². The summed E-state index contributed by atoms with van der Waals surface area (Å²) in [5.74, 6) is 0.200. The molecule has 1 amide bonds. The molecule has 0 saturated carbocycles. The van der Waals surface area contributed by atoms with Gasteiger partial charge in [0.05, 0.1) is 0 Å². The van der Waals surface area contributed by atoms with Crippen molar-refractivity contribution in [2.75, 3.05) is 26.7 Å². The molecule has 1 unspecified atom stereocenters. The van der Waals surface area contributed by atoms with Crippen LogP contribution in [0, 0.1) is 0 Å². The fourth-order valence-electron chi connectivity index (χ4n) is 1.61. The third-order valence-electron chi connectivity index (χ3n) is 2.24. The van der Waals surface area contributed by atoms with E-state index in [-0.39, 0.29) is 5.91 Å². The maximum atomic E-state index is 11.0. The summed E-state index contributed by atoms with van der Waals surface area (Å²) >= 11 is 0. The van der Waals surface area contributed by atoms with Gasteiger partial charge in [0.25, 0.3) is 0 Å². The van der Waals surface area contributed by atoms with Crippen LogP contribution in [0.1, 0.15) is 27.7 Å². The first-order valence-corrected chi connectivity index (χ1v) is 5.07. The predicted molar refractivity (Wildman–Crippen MR) is 55.7 cm³/mol. The van der Waals surface area contributed by atoms with Crippen molar-refractivity contribution in [1.29, 1.82) is 0 Å². The Morgan fingerprint density at radius 2 is 1.85 bits per heavy atom. The van der Waals surface area contributed by atoms with Gasteiger partial charge in [-0.3, -0.25) is 4.79 Å². The van der Waals surface area contributed by atoms with E-state index in [1.807, 2.05) is 18.7 Å². The number of hydrogen-bond acceptors (Lipinski definition) is 2. The maximum absolute atomic E-state index is 11.0. The highest BCUT2D eigenvalue weighted by atomic mass is 16.2. The van der Waals surface area contributed by atoms with Gasteiger partial charge in [0, 0.05) is 32.6 Å². The zero-order chi connectivity index (χ0) is 10.4. The van der Waals surface area contributed by atoms with Crippen LogP contribution in [0.4, 0.5) is 0 Å². The molecule has 0 spiro atoms. The lowest BCUT2D eigenvalue weighted by Crippen LogP contribution is -2.52. The Hall–Kier alpha value is -0.570. The molecule has 1 rings (SSSR count). The molecule has 0 aliphatic carbocycles. The second-order valence-corrected chi connectivity index (χ2v) is 3.32. The second kappa shape index (κ2) is 5.97. The Morgan fingerprint density at radius 1 is 1.31 bits per heavy atom. The molecule has 3 heteroatoms. The Bertz CT molecular complexity index is 159. The Balaban J connectivity index is 0.000000671. The van der Waals surface area contributed by atoms with Crippen LogP contribution < -0.4 is 0 Å². The van der Waals surface area contributed by atoms with Gasteiger partial charge in [-0.25, -0.2) is 0 Å². The Morgan fingerprint density at radius 3 is 2.23 bits per heavy atom. The van der Waals surface area contributed by atoms with Crippen LogP contribution in [0.15, 0.2) is 0 Å². The summed E-state index contributed by atoms with van der Waals surface area (Å²) in [7, 11) is 2.09. The molecule has 1 aliphatic rings. The fourth-order valence-corrected chi connectivity index (χ4v) is 1.61. The van der Waals surface area contributed by atoms with E-state index in [1.54, 1.807) is 6.92 Å². The van der Waals surface area contributed by atoms with Gasteiger partial charge in [0.1, 0.15) is 0 Å². The van der Waals surface area contributed by atoms with Crippen molar-refractivity contribution in [1.82, 2.24) is 9.80 Å². The number of carbonyl (C=O) groups is 1. The summed E-state index contributed by atoms with van der Waals surface area (Å²) in [6, 6.07) is 0.381. The maximum Gasteiger partial charge on any atom is 0.219 e. The molecule has 1 aliphatic heterocycles. The first-order chi connectivity index (χ1) is 6.11. The largest absolute Gasteiger partial charge is 0.338 e. The summed E-state index contributed by atoms with van der Waals surface area (Å²) < 4.78 is 0. The van der Waals surface area contributed by atoms with Crippen molar-refractivity contribution in [2.24, 2.45) is 0 Å². The molecular weight excluding hydrogens is 164 g/mol. The molecule has 0 aromatic rings. The van der Waals surface area contributed by atoms with Crippen molar-refractivity contribution in [3.8, 4) is 0 Å². The van der Waals surface area contributed by atoms with Crippen LogP contribution in [0.3, 0.4) is 0 Å². The van der Waals surface area contributed by atoms with E-state index < -0.39 is 0 Å². The molecule has 1 heterocycles. The van der Waals surface area contributed by atoms with Gasteiger partial charge in [-0.15, -0.1) is 0 Å². The molecule has 78 valence electrons. The van der Waals surface area contributed by atoms with E-state index >= 15 is 0 Å². The lowest BCUT2D eigenvalue weighted by Gasteiger charge is -2.37. The number of carbonyl (C=O) groups excluding carboxylic acids is 1. The monoisotopic (exact) mass is 186 g/mol. The summed E-state index contributed by atoms with van der Waals surface area (Å²) in [6.45, 7) is 10.6. The lowest BCUT2D eigenvalue weighted by molar-refractivity contribution is -0.132. The van der Waals surface area contributed by atoms with Crippen LogP contribution in [0.25, 0.3) is 0 Å². The molecule has 1 atom stereocenters. The van der Waals surface area contributed by atoms with E-state index in [0.29, 0.717) is 6.04 Å². The minimum atomic E-state index is 0.200. The molecule has 0 aromatic carbocycles. The van der Waals surface area contributed by atoms with E-state index in [2.05, 4.69) is 18.9 Å². The quantitative estimate of drug-likeness (QED) is 0.567. The van der Waals surface area contributed by atoms with Crippen LogP contribution in [-0.2, 0) is 4.79 Å². The zero-order valence-electron chi connectivity index (χ0n) is 9.50. The first kappa shape index (κ1) is 12.4. The van der Waals surface area contributed by atoms with Crippen LogP contribution in [-0.4, -0.2) is 48.4 Å². The SMILES string of the molecule is CC.CC(=O)N1CCN(C)CC1C. The van der Waals surface area contributed by atoms with Crippen LogP contribution >= 0.6 is 0 Å². The number of piperazine rings is 1. The Labute approximate surface area is 81.7 Å². The Kier molecular flexibility index (Phi) is 5.71. The van der Waals surface area contributed by atoms with E-state index in [0.717, 1.165) is 19.6 Å². The van der Waals surface area contributed by atoms with Crippen molar-refractivity contribution in [3.05, 3.63) is 0 Å². The standard InChI is InChI=1S/C8H16N2O.C2H6/c1-7-6-9(3)4-5-10(7)8(2)11;1-2/h7H,4-6H2,1-3H3;1-2H3. The predicted octanol–water partition coefficient (Wildman–Crippen LogP) is 1.19. The number of hydrogen-bond donors (Lipinski definition) is 0. The average Bonchev–Trinajstić information content (AvgIpc) is 2.07. The summed E-state index contributed by atoms with van der Waals surface area (Å²) in [5, 5.41) is 0. The van der Waals surface area contributed by atoms with Gasteiger partial charge < -0.3 is 9.80 Å². The first-order valence-electron chi connectivity index (χ1n) is 5.07. The van der Waals surface area contributed by atoms with Crippen molar-refractivity contribution < 1.29 is 4.79 Å². The van der Waals surface area contributed by atoms with E-state index in [9.17, 15) is 4.79 Å². The second-order valence-electron chi connectivity index (χ2n) is 3.32. The van der Waals surface area contributed by atoms with Gasteiger partial charge in [-0.1, -0.05) is 13.8 Å². The lowest BCUT2D eigenvalue weighted by atomic mass is 10.2. The fraction of sp³-hybridized carbons (Fsp3) is 0.900. The average molecular weight is 186 g/mol. The highest BCUT2D eigenvalue weighted by Crippen LogP contribution is 2.06. The van der Waals surface area contributed by atoms with Gasteiger partial charge in [-0.2, -0.15) is 0 Å². The van der Waals surface area contributed by atoms with Gasteiger partial charge >= 0.3 is 0 Å². The van der Waals surface area contributed by atoms with Gasteiger partial charge in [-0.05, 0) is 14.0 Å². The summed E-state index contributed by atoms with van der Waals surface area (Å²) in [5.41, 5.74) is 0. The highest BCUT2D eigenvalue weighted by molar-refractivity contribution is 5.73. The molecule has 1 fully saturated rings. The van der Waals surface area contributed by atoms with Crippen LogP contribution in [0.2, 0.25) is 0 Å². The molecule has 13 heavy (non-hydrogen) atoms. The molecule has 0 radical (unpaired) electrons. The number of rotatable bonds is 0. The summed E-state index contributed by atoms with van der Waals surface area (Å²) in [4.78, 5) is 15.2. The number of amides is 1. The van der Waals surface area contributed by atoms with E-state index in [1.165, 1.54) is 0 Å². The molecule has 0 N–H and O–H groups in total. The molecular formula is C10H22N2O. The van der Waals surface area contributed by atoms with Gasteiger partial charge in [0.15, 0.2) is 0 Å². The van der Waals surface area contributed by atoms with Crippen molar-refractivity contribution in [2.45, 2.75) is 33.7 Å².